The van der Waals surface area contributed by atoms with Gasteiger partial charge in [-0.25, -0.2) is 0 Å². The molecule has 3 atom stereocenters. The summed E-state index contributed by atoms with van der Waals surface area (Å²) in [6, 6.07) is 0. The predicted molar refractivity (Wildman–Crippen MR) is 85.9 cm³/mol. The fourth-order valence-electron chi connectivity index (χ4n) is 4.59. The molecule has 1 aliphatic carbocycles. The number of fused-ring (bicyclic) bond motifs is 2. The van der Waals surface area contributed by atoms with Crippen LogP contribution in [0, 0.1) is 16.7 Å². The van der Waals surface area contributed by atoms with E-state index in [0.717, 1.165) is 12.8 Å². The summed E-state index contributed by atoms with van der Waals surface area (Å²) in [4.78, 5) is 39.4. The molecular weight excluding hydrogens is 310 g/mol. The van der Waals surface area contributed by atoms with Crippen LogP contribution in [0.4, 0.5) is 0 Å². The average Bonchev–Trinajstić information content (AvgIpc) is 2.85. The molecule has 3 aliphatic rings. The van der Waals surface area contributed by atoms with Crippen molar-refractivity contribution < 1.29 is 23.9 Å². The van der Waals surface area contributed by atoms with Crippen LogP contribution in [-0.2, 0) is 23.9 Å². The average molecular weight is 337 g/mol. The second-order valence-corrected chi connectivity index (χ2v) is 8.02. The van der Waals surface area contributed by atoms with Crippen LogP contribution in [0.5, 0.6) is 0 Å². The number of carbonyl (C=O) groups is 3. The number of rotatable bonds is 3. The summed E-state index contributed by atoms with van der Waals surface area (Å²) in [7, 11) is 0. The van der Waals surface area contributed by atoms with Gasteiger partial charge in [0.05, 0.1) is 17.9 Å². The van der Waals surface area contributed by atoms with Gasteiger partial charge in [0.1, 0.15) is 0 Å². The summed E-state index contributed by atoms with van der Waals surface area (Å²) in [6.45, 7) is 8.88. The summed E-state index contributed by atoms with van der Waals surface area (Å²) < 4.78 is 10.8. The molecule has 1 saturated carbocycles. The first-order valence-electron chi connectivity index (χ1n) is 8.89. The van der Waals surface area contributed by atoms with Gasteiger partial charge in [-0.1, -0.05) is 13.8 Å². The largest absolute Gasteiger partial charge is 0.466 e. The van der Waals surface area contributed by atoms with Gasteiger partial charge in [-0.2, -0.15) is 0 Å². The topological polar surface area (TPSA) is 72.9 Å². The van der Waals surface area contributed by atoms with Crippen molar-refractivity contribution in [2.75, 3.05) is 19.7 Å². The molecular formula is C18H27NO5. The second kappa shape index (κ2) is 5.46. The highest BCUT2D eigenvalue weighted by Gasteiger charge is 2.76. The molecule has 6 heteroatoms. The normalized spacial score (nSPS) is 37.2. The molecule has 3 rings (SSSR count). The van der Waals surface area contributed by atoms with Crippen LogP contribution in [0.2, 0.25) is 0 Å². The highest BCUT2D eigenvalue weighted by atomic mass is 16.6. The SMILES string of the molecule is CCOC(=O)[C@H]1CCCN(C(=O)[C@@]23CC[C@@](C)(C(=O)O2)C3(C)C)C1. The number of carbonyl (C=O) groups excluding carboxylic acids is 3. The van der Waals surface area contributed by atoms with E-state index < -0.39 is 16.4 Å². The molecule has 0 aromatic carbocycles. The summed E-state index contributed by atoms with van der Waals surface area (Å²) in [5, 5.41) is 0. The Morgan fingerprint density at radius 3 is 2.54 bits per heavy atom. The zero-order chi connectivity index (χ0) is 17.8. The van der Waals surface area contributed by atoms with Gasteiger partial charge in [0, 0.05) is 18.5 Å². The Balaban J connectivity index is 1.82. The molecule has 2 bridgehead atoms. The van der Waals surface area contributed by atoms with Crippen molar-refractivity contribution in [3.8, 4) is 0 Å². The van der Waals surface area contributed by atoms with E-state index in [-0.39, 0.29) is 23.8 Å². The zero-order valence-corrected chi connectivity index (χ0v) is 15.0. The van der Waals surface area contributed by atoms with Crippen molar-refractivity contribution in [1.82, 2.24) is 4.90 Å². The van der Waals surface area contributed by atoms with Gasteiger partial charge in [0.15, 0.2) is 5.60 Å². The number of nitrogens with zero attached hydrogens (tertiary/aromatic N) is 1. The van der Waals surface area contributed by atoms with Crippen molar-refractivity contribution >= 4 is 17.8 Å². The van der Waals surface area contributed by atoms with Gasteiger partial charge in [-0.15, -0.1) is 0 Å². The lowest BCUT2D eigenvalue weighted by molar-refractivity contribution is -0.176. The highest BCUT2D eigenvalue weighted by Crippen LogP contribution is 2.66. The summed E-state index contributed by atoms with van der Waals surface area (Å²) in [5.74, 6) is -0.944. The molecule has 0 spiro atoms. The van der Waals surface area contributed by atoms with Gasteiger partial charge in [0.25, 0.3) is 5.91 Å². The Morgan fingerprint density at radius 2 is 2.00 bits per heavy atom. The lowest BCUT2D eigenvalue weighted by Crippen LogP contribution is -2.57. The van der Waals surface area contributed by atoms with Gasteiger partial charge in [-0.3, -0.25) is 14.4 Å². The molecule has 1 amide bonds. The van der Waals surface area contributed by atoms with Crippen molar-refractivity contribution in [2.24, 2.45) is 16.7 Å². The molecule has 6 nitrogen and oxygen atoms in total. The van der Waals surface area contributed by atoms with E-state index in [1.54, 1.807) is 11.8 Å². The van der Waals surface area contributed by atoms with Gasteiger partial charge in [-0.05, 0) is 39.5 Å². The summed E-state index contributed by atoms with van der Waals surface area (Å²) >= 11 is 0. The maximum absolute atomic E-state index is 13.3. The minimum atomic E-state index is -1.09. The quantitative estimate of drug-likeness (QED) is 0.736. The van der Waals surface area contributed by atoms with Gasteiger partial charge >= 0.3 is 11.9 Å². The number of hydrogen-bond donors (Lipinski definition) is 0. The Labute approximate surface area is 142 Å². The lowest BCUT2D eigenvalue weighted by atomic mass is 9.66. The monoisotopic (exact) mass is 337 g/mol. The molecule has 134 valence electrons. The predicted octanol–water partition coefficient (Wildman–Crippen LogP) is 1.91. The van der Waals surface area contributed by atoms with Crippen LogP contribution >= 0.6 is 0 Å². The molecule has 0 unspecified atom stereocenters. The Kier molecular flexibility index (Phi) is 3.92. The van der Waals surface area contributed by atoms with Crippen molar-refractivity contribution in [3.63, 3.8) is 0 Å². The van der Waals surface area contributed by atoms with E-state index in [2.05, 4.69) is 0 Å². The van der Waals surface area contributed by atoms with E-state index in [1.807, 2.05) is 20.8 Å². The van der Waals surface area contributed by atoms with E-state index in [4.69, 9.17) is 9.47 Å². The Hall–Kier alpha value is -1.59. The molecule has 2 heterocycles. The first-order valence-corrected chi connectivity index (χ1v) is 8.89. The second-order valence-electron chi connectivity index (χ2n) is 8.02. The lowest BCUT2D eigenvalue weighted by Gasteiger charge is -2.41. The van der Waals surface area contributed by atoms with E-state index >= 15 is 0 Å². The van der Waals surface area contributed by atoms with Crippen LogP contribution in [0.15, 0.2) is 0 Å². The van der Waals surface area contributed by atoms with Crippen LogP contribution < -0.4 is 0 Å². The number of amides is 1. The molecule has 0 aromatic rings. The third-order valence-electron chi connectivity index (χ3n) is 6.76. The third kappa shape index (κ3) is 2.04. The minimum absolute atomic E-state index is 0.143. The fourth-order valence-corrected chi connectivity index (χ4v) is 4.59. The molecule has 2 aliphatic heterocycles. The number of ether oxygens (including phenoxy) is 2. The molecule has 0 N–H and O–H groups in total. The highest BCUT2D eigenvalue weighted by molar-refractivity contribution is 5.96. The van der Waals surface area contributed by atoms with Crippen LogP contribution in [0.3, 0.4) is 0 Å². The van der Waals surface area contributed by atoms with Crippen LogP contribution in [0.1, 0.15) is 53.4 Å². The zero-order valence-electron chi connectivity index (χ0n) is 15.0. The molecule has 3 fully saturated rings. The van der Waals surface area contributed by atoms with Crippen molar-refractivity contribution in [2.45, 2.75) is 59.0 Å². The molecule has 0 aromatic heterocycles. The van der Waals surface area contributed by atoms with Crippen molar-refractivity contribution in [3.05, 3.63) is 0 Å². The molecule has 2 saturated heterocycles. The number of likely N-dealkylation sites (tertiary alicyclic amines) is 1. The Morgan fingerprint density at radius 1 is 1.29 bits per heavy atom. The first-order chi connectivity index (χ1) is 11.2. The summed E-state index contributed by atoms with van der Waals surface area (Å²) in [6.07, 6.45) is 2.72. The maximum Gasteiger partial charge on any atom is 0.313 e. The molecule has 24 heavy (non-hydrogen) atoms. The standard InChI is InChI=1S/C18H27NO5/c1-5-23-13(20)12-7-6-10-19(11-12)14(21)18-9-8-17(4,15(22)24-18)16(18,2)3/h12H,5-11H2,1-4H3/t12-,17-,18+/m0/s1. The van der Waals surface area contributed by atoms with Crippen LogP contribution in [0.25, 0.3) is 0 Å². The number of piperidine rings is 1. The Bertz CT molecular complexity index is 586. The van der Waals surface area contributed by atoms with Crippen LogP contribution in [-0.4, -0.2) is 48.0 Å². The first kappa shape index (κ1) is 17.2. The van der Waals surface area contributed by atoms with E-state index in [1.165, 1.54) is 0 Å². The smallest absolute Gasteiger partial charge is 0.313 e. The van der Waals surface area contributed by atoms with E-state index in [0.29, 0.717) is 32.5 Å². The minimum Gasteiger partial charge on any atom is -0.466 e. The molecule has 0 radical (unpaired) electrons. The van der Waals surface area contributed by atoms with Gasteiger partial charge < -0.3 is 14.4 Å². The van der Waals surface area contributed by atoms with Crippen molar-refractivity contribution in [1.29, 1.82) is 0 Å². The number of esters is 2. The third-order valence-corrected chi connectivity index (χ3v) is 6.76. The van der Waals surface area contributed by atoms with E-state index in [9.17, 15) is 14.4 Å². The maximum atomic E-state index is 13.3. The fraction of sp³-hybridized carbons (Fsp3) is 0.833. The number of hydrogen-bond acceptors (Lipinski definition) is 5. The summed E-state index contributed by atoms with van der Waals surface area (Å²) in [5.41, 5.74) is -2.25. The van der Waals surface area contributed by atoms with Gasteiger partial charge in [0.2, 0.25) is 0 Å².